The van der Waals surface area contributed by atoms with Crippen molar-refractivity contribution in [3.8, 4) is 0 Å². The van der Waals surface area contributed by atoms with E-state index >= 15 is 0 Å². The van der Waals surface area contributed by atoms with Crippen molar-refractivity contribution in [2.24, 2.45) is 11.3 Å². The normalized spacial score (nSPS) is 22.5. The summed E-state index contributed by atoms with van der Waals surface area (Å²) in [6.45, 7) is 13.9. The number of piperidine rings is 1. The number of likely N-dealkylation sites (tertiary alicyclic amines) is 2. The highest BCUT2D eigenvalue weighted by molar-refractivity contribution is 5.85. The van der Waals surface area contributed by atoms with E-state index < -0.39 is 0 Å². The molecule has 3 nitrogen and oxygen atoms in total. The van der Waals surface area contributed by atoms with Crippen molar-refractivity contribution in [2.45, 2.75) is 72.3 Å². The second-order valence-corrected chi connectivity index (χ2v) is 10.9. The summed E-state index contributed by atoms with van der Waals surface area (Å²) in [4.78, 5) is 18.4. The molecule has 2 aromatic carbocycles. The molecule has 0 bridgehead atoms. The van der Waals surface area contributed by atoms with Gasteiger partial charge in [0.2, 0.25) is 5.91 Å². The number of hydrogen-bond donors (Lipinski definition) is 0. The number of carbonyl (C=O) groups excluding carboxylic acids is 1. The molecule has 33 heavy (non-hydrogen) atoms. The van der Waals surface area contributed by atoms with E-state index in [4.69, 9.17) is 0 Å². The summed E-state index contributed by atoms with van der Waals surface area (Å²) in [6.07, 6.45) is 5.65. The van der Waals surface area contributed by atoms with E-state index in [1.807, 2.05) is 0 Å². The van der Waals surface area contributed by atoms with E-state index in [1.165, 1.54) is 48.2 Å². The van der Waals surface area contributed by atoms with E-state index in [2.05, 4.69) is 86.0 Å². The van der Waals surface area contributed by atoms with E-state index in [0.29, 0.717) is 17.7 Å². The highest BCUT2D eigenvalue weighted by Gasteiger charge is 2.48. The van der Waals surface area contributed by atoms with Crippen LogP contribution in [-0.2, 0) is 11.3 Å². The van der Waals surface area contributed by atoms with Crippen LogP contribution in [0.25, 0.3) is 0 Å². The summed E-state index contributed by atoms with van der Waals surface area (Å²) in [5, 5.41) is 0. The Morgan fingerprint density at radius 1 is 0.970 bits per heavy atom. The van der Waals surface area contributed by atoms with Crippen LogP contribution in [0.3, 0.4) is 0 Å². The molecule has 2 aromatic rings. The Morgan fingerprint density at radius 2 is 1.64 bits per heavy atom. The van der Waals surface area contributed by atoms with E-state index in [-0.39, 0.29) is 5.41 Å². The van der Waals surface area contributed by atoms with Crippen molar-refractivity contribution in [1.82, 2.24) is 9.80 Å². The predicted octanol–water partition coefficient (Wildman–Crippen LogP) is 6.34. The lowest BCUT2D eigenvalue weighted by molar-refractivity contribution is -0.139. The van der Waals surface area contributed by atoms with Gasteiger partial charge in [0.1, 0.15) is 0 Å². The van der Waals surface area contributed by atoms with Gasteiger partial charge >= 0.3 is 0 Å². The lowest BCUT2D eigenvalue weighted by atomic mass is 9.72. The molecule has 0 N–H and O–H groups in total. The van der Waals surface area contributed by atoms with Crippen molar-refractivity contribution in [1.29, 1.82) is 0 Å². The number of hydrogen-bond acceptors (Lipinski definition) is 2. The van der Waals surface area contributed by atoms with Gasteiger partial charge in [-0.3, -0.25) is 4.79 Å². The molecule has 2 aliphatic heterocycles. The fourth-order valence-electron chi connectivity index (χ4n) is 6.28. The van der Waals surface area contributed by atoms with E-state index in [9.17, 15) is 4.79 Å². The van der Waals surface area contributed by atoms with Crippen LogP contribution in [0.5, 0.6) is 0 Å². The maximum atomic E-state index is 13.6. The van der Waals surface area contributed by atoms with Crippen LogP contribution in [0, 0.1) is 25.2 Å². The molecule has 1 amide bonds. The number of aryl methyl sites for hydroxylation is 2. The van der Waals surface area contributed by atoms with Gasteiger partial charge in [-0.15, -0.1) is 0 Å². The molecule has 0 aromatic heterocycles. The minimum absolute atomic E-state index is 0.179. The molecule has 0 saturated carbocycles. The van der Waals surface area contributed by atoms with Crippen molar-refractivity contribution in [2.75, 3.05) is 26.2 Å². The average molecular weight is 447 g/mol. The summed E-state index contributed by atoms with van der Waals surface area (Å²) in [6, 6.07) is 17.7. The van der Waals surface area contributed by atoms with Crippen molar-refractivity contribution in [3.05, 3.63) is 70.8 Å². The number of rotatable bonds is 8. The molecule has 4 rings (SSSR count). The smallest absolute Gasteiger partial charge is 0.229 e. The van der Waals surface area contributed by atoms with E-state index in [1.54, 1.807) is 0 Å². The fraction of sp³-hybridized carbons (Fsp3) is 0.567. The van der Waals surface area contributed by atoms with E-state index in [0.717, 1.165) is 38.9 Å². The summed E-state index contributed by atoms with van der Waals surface area (Å²) in [7, 11) is 0. The first-order valence-corrected chi connectivity index (χ1v) is 13.0. The highest BCUT2D eigenvalue weighted by Crippen LogP contribution is 2.43. The molecule has 0 aliphatic carbocycles. The lowest BCUT2D eigenvalue weighted by Crippen LogP contribution is -2.39. The summed E-state index contributed by atoms with van der Waals surface area (Å²) in [5.74, 6) is 1.48. The molecule has 3 heteroatoms. The third kappa shape index (κ3) is 5.51. The van der Waals surface area contributed by atoms with Gasteiger partial charge < -0.3 is 9.80 Å². The molecule has 2 saturated heterocycles. The van der Waals surface area contributed by atoms with Gasteiger partial charge in [-0.2, -0.15) is 0 Å². The van der Waals surface area contributed by atoms with Crippen LogP contribution in [-0.4, -0.2) is 41.9 Å². The first-order valence-electron chi connectivity index (χ1n) is 13.0. The fourth-order valence-corrected chi connectivity index (χ4v) is 6.28. The van der Waals surface area contributed by atoms with Crippen LogP contribution < -0.4 is 0 Å². The zero-order valence-electron chi connectivity index (χ0n) is 21.1. The molecule has 0 radical (unpaired) electrons. The first kappa shape index (κ1) is 24.0. The molecule has 2 aliphatic rings. The molecule has 0 spiro atoms. The van der Waals surface area contributed by atoms with Gasteiger partial charge in [0.25, 0.3) is 0 Å². The quantitative estimate of drug-likeness (QED) is 0.472. The van der Waals surface area contributed by atoms with Gasteiger partial charge in [0.15, 0.2) is 0 Å². The summed E-state index contributed by atoms with van der Waals surface area (Å²) < 4.78 is 0. The minimum atomic E-state index is -0.179. The third-order valence-electron chi connectivity index (χ3n) is 8.26. The maximum absolute atomic E-state index is 13.6. The zero-order chi connectivity index (χ0) is 23.4. The molecule has 2 heterocycles. The second kappa shape index (κ2) is 10.4. The second-order valence-electron chi connectivity index (χ2n) is 10.9. The maximum Gasteiger partial charge on any atom is 0.229 e. The number of nitrogens with zero attached hydrogens (tertiary/aromatic N) is 2. The summed E-state index contributed by atoms with van der Waals surface area (Å²) in [5.41, 5.74) is 5.14. The van der Waals surface area contributed by atoms with Crippen molar-refractivity contribution in [3.63, 3.8) is 0 Å². The van der Waals surface area contributed by atoms with Crippen molar-refractivity contribution >= 4 is 5.91 Å². The Bertz CT molecular complexity index is 909. The number of amides is 1. The Kier molecular flexibility index (Phi) is 7.58. The Morgan fingerprint density at radius 3 is 2.27 bits per heavy atom. The van der Waals surface area contributed by atoms with Gasteiger partial charge in [-0.1, -0.05) is 73.5 Å². The molecule has 1 atom stereocenters. The zero-order valence-corrected chi connectivity index (χ0v) is 21.1. The Hall–Kier alpha value is -2.13. The first-order chi connectivity index (χ1) is 15.9. The largest absolute Gasteiger partial charge is 0.338 e. The van der Waals surface area contributed by atoms with Crippen LogP contribution in [0.4, 0.5) is 0 Å². The van der Waals surface area contributed by atoms with Gasteiger partial charge in [0.05, 0.1) is 5.41 Å². The molecule has 2 fully saturated rings. The topological polar surface area (TPSA) is 23.6 Å². The SMILES string of the molecule is Cc1cc(C)cc(CN2CCC(CCCN3CCC(c4ccccc4)CC3)(C(C)C)C2=O)c1. The monoisotopic (exact) mass is 446 g/mol. The Labute approximate surface area is 201 Å². The third-order valence-corrected chi connectivity index (χ3v) is 8.26. The Balaban J connectivity index is 1.30. The van der Waals surface area contributed by atoms with Gasteiger partial charge in [0, 0.05) is 13.1 Å². The van der Waals surface area contributed by atoms with Crippen LogP contribution in [0.15, 0.2) is 48.5 Å². The number of benzene rings is 2. The van der Waals surface area contributed by atoms with Crippen LogP contribution in [0.2, 0.25) is 0 Å². The minimum Gasteiger partial charge on any atom is -0.338 e. The standard InChI is InChI=1S/C30H42N2O/c1-23(2)30(14-18-32(29(30)33)22-26-20-24(3)19-25(4)21-26)13-8-15-31-16-11-28(12-17-31)27-9-6-5-7-10-27/h5-7,9-10,19-21,23,28H,8,11-18,22H2,1-4H3. The highest BCUT2D eigenvalue weighted by atomic mass is 16.2. The van der Waals surface area contributed by atoms with Crippen molar-refractivity contribution < 1.29 is 4.79 Å². The predicted molar refractivity (Wildman–Crippen MR) is 137 cm³/mol. The summed E-state index contributed by atoms with van der Waals surface area (Å²) >= 11 is 0. The van der Waals surface area contributed by atoms with Crippen LogP contribution >= 0.6 is 0 Å². The van der Waals surface area contributed by atoms with Crippen LogP contribution in [0.1, 0.15) is 74.1 Å². The average Bonchev–Trinajstić information content (AvgIpc) is 3.11. The molecular weight excluding hydrogens is 404 g/mol. The number of carbonyl (C=O) groups is 1. The molecule has 1 unspecified atom stereocenters. The molecular formula is C30H42N2O. The molecule has 178 valence electrons. The van der Waals surface area contributed by atoms with Gasteiger partial charge in [-0.25, -0.2) is 0 Å². The van der Waals surface area contributed by atoms with Gasteiger partial charge in [-0.05, 0) is 88.5 Å². The lowest BCUT2D eigenvalue weighted by Gasteiger charge is -2.35.